The first-order valence-corrected chi connectivity index (χ1v) is 8.56. The Hall–Kier alpha value is -1.59. The molecule has 3 rings (SSSR count). The quantitative estimate of drug-likeness (QED) is 0.660. The highest BCUT2D eigenvalue weighted by Crippen LogP contribution is 2.40. The van der Waals surface area contributed by atoms with Crippen LogP contribution in [0.15, 0.2) is 11.3 Å². The van der Waals surface area contributed by atoms with Crippen molar-refractivity contribution in [3.63, 3.8) is 0 Å². The molecule has 0 amide bonds. The number of aliphatic imine (C=N–C) groups is 1. The van der Waals surface area contributed by atoms with E-state index in [2.05, 4.69) is 25.8 Å². The summed E-state index contributed by atoms with van der Waals surface area (Å²) >= 11 is 0. The number of nitrogens with zero attached hydrogens (tertiary/aromatic N) is 4. The van der Waals surface area contributed by atoms with Crippen molar-refractivity contribution in [1.82, 2.24) is 25.4 Å². The van der Waals surface area contributed by atoms with Crippen molar-refractivity contribution in [2.24, 2.45) is 23.9 Å². The van der Waals surface area contributed by atoms with Crippen LogP contribution in [0.1, 0.15) is 50.8 Å². The first-order chi connectivity index (χ1) is 10.8. The lowest BCUT2D eigenvalue weighted by Gasteiger charge is -2.39. The van der Waals surface area contributed by atoms with Crippen LogP contribution in [0.3, 0.4) is 0 Å². The Labute approximate surface area is 132 Å². The zero-order valence-electron chi connectivity index (χ0n) is 13.8. The lowest BCUT2D eigenvalue weighted by molar-refractivity contribution is 0.150. The van der Waals surface area contributed by atoms with Crippen LogP contribution in [0, 0.1) is 11.8 Å². The molecule has 0 radical (unpaired) electrons. The monoisotopic (exact) mass is 304 g/mol. The van der Waals surface area contributed by atoms with Crippen LogP contribution < -0.4 is 10.6 Å². The van der Waals surface area contributed by atoms with Gasteiger partial charge in [-0.2, -0.15) is 0 Å². The van der Waals surface area contributed by atoms with E-state index in [0.29, 0.717) is 12.6 Å². The van der Waals surface area contributed by atoms with Crippen molar-refractivity contribution >= 4 is 5.96 Å². The standard InChI is InChI=1S/C16H28N6/c1-17-16(18-10-15-21-19-11-22(15)2)20-14-8-7-12-5-3-4-6-13(12)9-14/h11-14H,3-10H2,1-2H3,(H2,17,18,20). The van der Waals surface area contributed by atoms with Crippen molar-refractivity contribution in [1.29, 1.82) is 0 Å². The summed E-state index contributed by atoms with van der Waals surface area (Å²) < 4.78 is 1.92. The number of nitrogens with one attached hydrogen (secondary N) is 2. The second-order valence-electron chi connectivity index (χ2n) is 6.74. The smallest absolute Gasteiger partial charge is 0.191 e. The number of fused-ring (bicyclic) bond motifs is 1. The van der Waals surface area contributed by atoms with Crippen LogP contribution in [0.2, 0.25) is 0 Å². The number of rotatable bonds is 3. The van der Waals surface area contributed by atoms with Gasteiger partial charge in [-0.1, -0.05) is 25.7 Å². The van der Waals surface area contributed by atoms with E-state index >= 15 is 0 Å². The molecule has 3 atom stereocenters. The van der Waals surface area contributed by atoms with Gasteiger partial charge in [-0.15, -0.1) is 10.2 Å². The number of aromatic nitrogens is 3. The molecule has 6 nitrogen and oxygen atoms in total. The molecular weight excluding hydrogens is 276 g/mol. The van der Waals surface area contributed by atoms with Crippen molar-refractivity contribution in [3.8, 4) is 0 Å². The molecule has 2 saturated carbocycles. The molecule has 0 bridgehead atoms. The molecule has 1 aromatic heterocycles. The molecule has 2 fully saturated rings. The molecule has 2 N–H and O–H groups in total. The fraction of sp³-hybridized carbons (Fsp3) is 0.812. The molecule has 0 spiro atoms. The van der Waals surface area contributed by atoms with Crippen LogP contribution in [-0.2, 0) is 13.6 Å². The van der Waals surface area contributed by atoms with E-state index in [-0.39, 0.29) is 0 Å². The van der Waals surface area contributed by atoms with Gasteiger partial charge in [0.25, 0.3) is 0 Å². The minimum absolute atomic E-state index is 0.560. The molecule has 2 aliphatic carbocycles. The van der Waals surface area contributed by atoms with Gasteiger partial charge in [0.05, 0.1) is 6.54 Å². The number of guanidine groups is 1. The van der Waals surface area contributed by atoms with Gasteiger partial charge >= 0.3 is 0 Å². The first kappa shape index (κ1) is 15.3. The fourth-order valence-electron chi connectivity index (χ4n) is 4.02. The van der Waals surface area contributed by atoms with E-state index in [4.69, 9.17) is 0 Å². The molecule has 3 unspecified atom stereocenters. The van der Waals surface area contributed by atoms with E-state index < -0.39 is 0 Å². The Morgan fingerprint density at radius 1 is 1.27 bits per heavy atom. The van der Waals surface area contributed by atoms with Gasteiger partial charge < -0.3 is 15.2 Å². The van der Waals surface area contributed by atoms with Gasteiger partial charge in [0.15, 0.2) is 11.8 Å². The lowest BCUT2D eigenvalue weighted by atomic mass is 9.69. The Morgan fingerprint density at radius 2 is 2.09 bits per heavy atom. The topological polar surface area (TPSA) is 67.1 Å². The van der Waals surface area contributed by atoms with Gasteiger partial charge in [-0.3, -0.25) is 4.99 Å². The highest BCUT2D eigenvalue weighted by Gasteiger charge is 2.32. The molecule has 6 heteroatoms. The third kappa shape index (κ3) is 3.59. The highest BCUT2D eigenvalue weighted by atomic mass is 15.3. The lowest BCUT2D eigenvalue weighted by Crippen LogP contribution is -2.46. The molecule has 0 aromatic carbocycles. The van der Waals surface area contributed by atoms with Gasteiger partial charge in [-0.05, 0) is 31.1 Å². The molecule has 0 saturated heterocycles. The van der Waals surface area contributed by atoms with E-state index in [9.17, 15) is 0 Å². The van der Waals surface area contributed by atoms with Crippen LogP contribution in [0.4, 0.5) is 0 Å². The van der Waals surface area contributed by atoms with E-state index in [0.717, 1.165) is 23.6 Å². The van der Waals surface area contributed by atoms with Crippen molar-refractivity contribution < 1.29 is 0 Å². The maximum atomic E-state index is 4.35. The third-order valence-electron chi connectivity index (χ3n) is 5.32. The Bertz CT molecular complexity index is 508. The van der Waals surface area contributed by atoms with Gasteiger partial charge in [0.1, 0.15) is 6.33 Å². The first-order valence-electron chi connectivity index (χ1n) is 8.56. The summed E-state index contributed by atoms with van der Waals surface area (Å²) in [6.07, 6.45) is 11.4. The predicted octanol–water partition coefficient (Wildman–Crippen LogP) is 1.84. The van der Waals surface area contributed by atoms with Gasteiger partial charge in [0, 0.05) is 20.1 Å². The maximum Gasteiger partial charge on any atom is 0.191 e. The van der Waals surface area contributed by atoms with Crippen molar-refractivity contribution in [2.75, 3.05) is 7.05 Å². The summed E-state index contributed by atoms with van der Waals surface area (Å²) in [7, 11) is 3.79. The Balaban J connectivity index is 1.49. The SMILES string of the molecule is CN=C(NCc1nncn1C)NC1CCC2CCCCC2C1. The summed E-state index contributed by atoms with van der Waals surface area (Å²) in [6, 6.07) is 0.560. The zero-order valence-corrected chi connectivity index (χ0v) is 13.8. The minimum Gasteiger partial charge on any atom is -0.354 e. The average molecular weight is 304 g/mol. The Kier molecular flexibility index (Phi) is 4.95. The van der Waals surface area contributed by atoms with E-state index in [1.54, 1.807) is 6.33 Å². The molecule has 1 heterocycles. The number of hydrogen-bond acceptors (Lipinski definition) is 3. The Morgan fingerprint density at radius 3 is 2.82 bits per heavy atom. The number of aryl methyl sites for hydroxylation is 1. The van der Waals surface area contributed by atoms with Crippen LogP contribution >= 0.6 is 0 Å². The summed E-state index contributed by atoms with van der Waals surface area (Å²) in [5, 5.41) is 14.9. The zero-order chi connectivity index (χ0) is 15.4. The molecule has 122 valence electrons. The van der Waals surface area contributed by atoms with E-state index in [1.165, 1.54) is 44.9 Å². The van der Waals surface area contributed by atoms with Crippen molar-refractivity contribution in [3.05, 3.63) is 12.2 Å². The normalized spacial score (nSPS) is 29.0. The van der Waals surface area contributed by atoms with E-state index in [1.807, 2.05) is 18.7 Å². The highest BCUT2D eigenvalue weighted by molar-refractivity contribution is 5.79. The fourth-order valence-corrected chi connectivity index (χ4v) is 4.02. The summed E-state index contributed by atoms with van der Waals surface area (Å²) in [6.45, 7) is 0.648. The van der Waals surface area contributed by atoms with Gasteiger partial charge in [0.2, 0.25) is 0 Å². The van der Waals surface area contributed by atoms with Crippen LogP contribution in [-0.4, -0.2) is 33.8 Å². The molecular formula is C16H28N6. The molecule has 1 aromatic rings. The molecule has 0 aliphatic heterocycles. The minimum atomic E-state index is 0.560. The number of hydrogen-bond donors (Lipinski definition) is 2. The molecule has 22 heavy (non-hydrogen) atoms. The second-order valence-corrected chi connectivity index (χ2v) is 6.74. The van der Waals surface area contributed by atoms with Gasteiger partial charge in [-0.25, -0.2) is 0 Å². The van der Waals surface area contributed by atoms with Crippen molar-refractivity contribution in [2.45, 2.75) is 57.5 Å². The van der Waals surface area contributed by atoms with Crippen LogP contribution in [0.25, 0.3) is 0 Å². The predicted molar refractivity (Wildman–Crippen MR) is 87.4 cm³/mol. The summed E-state index contributed by atoms with van der Waals surface area (Å²) in [5.74, 6) is 3.71. The third-order valence-corrected chi connectivity index (χ3v) is 5.32. The summed E-state index contributed by atoms with van der Waals surface area (Å²) in [4.78, 5) is 4.35. The second kappa shape index (κ2) is 7.11. The maximum absolute atomic E-state index is 4.35. The average Bonchev–Trinajstić information content (AvgIpc) is 2.96. The molecule has 2 aliphatic rings. The largest absolute Gasteiger partial charge is 0.354 e. The summed E-state index contributed by atoms with van der Waals surface area (Å²) in [5.41, 5.74) is 0. The van der Waals surface area contributed by atoms with Crippen LogP contribution in [0.5, 0.6) is 0 Å².